The predicted molar refractivity (Wildman–Crippen MR) is 91.2 cm³/mol. The molecule has 2 aromatic rings. The highest BCUT2D eigenvalue weighted by atomic mass is 16.6. The summed E-state index contributed by atoms with van der Waals surface area (Å²) >= 11 is 0. The molecule has 0 bridgehead atoms. The van der Waals surface area contributed by atoms with Crippen LogP contribution in [0.25, 0.3) is 11.1 Å². The Kier molecular flexibility index (Phi) is 4.17. The van der Waals surface area contributed by atoms with Crippen LogP contribution in [0, 0.1) is 5.92 Å². The van der Waals surface area contributed by atoms with Crippen LogP contribution in [0.1, 0.15) is 20.8 Å². The highest BCUT2D eigenvalue weighted by Gasteiger charge is 2.33. The molecule has 0 aromatic carbocycles. The number of hydrogen-bond donors (Lipinski definition) is 1. The second-order valence-electron chi connectivity index (χ2n) is 7.17. The Hall–Kier alpha value is -2.57. The lowest BCUT2D eigenvalue weighted by atomic mass is 10.0. The first kappa shape index (κ1) is 16.3. The van der Waals surface area contributed by atoms with Crippen molar-refractivity contribution in [3.05, 3.63) is 30.7 Å². The Balaban J connectivity index is 1.52. The number of anilines is 1. The minimum absolute atomic E-state index is 0.243. The summed E-state index contributed by atoms with van der Waals surface area (Å²) in [6.45, 7) is 7.81. The van der Waals surface area contributed by atoms with E-state index in [0.717, 1.165) is 17.7 Å². The quantitative estimate of drug-likeness (QED) is 0.934. The normalized spacial score (nSPS) is 15.2. The molecule has 0 saturated carbocycles. The van der Waals surface area contributed by atoms with Gasteiger partial charge in [-0.2, -0.15) is 5.10 Å². The molecule has 3 rings (SSSR count). The van der Waals surface area contributed by atoms with Gasteiger partial charge < -0.3 is 15.4 Å². The third kappa shape index (κ3) is 3.84. The lowest BCUT2D eigenvalue weighted by Gasteiger charge is -2.39. The highest BCUT2D eigenvalue weighted by Crippen LogP contribution is 2.23. The van der Waals surface area contributed by atoms with Gasteiger partial charge >= 0.3 is 6.09 Å². The Morgan fingerprint density at radius 1 is 1.29 bits per heavy atom. The molecule has 7 nitrogen and oxygen atoms in total. The molecular formula is C17H23N5O2. The molecule has 1 aliphatic rings. The summed E-state index contributed by atoms with van der Waals surface area (Å²) in [5.74, 6) is 0.901. The smallest absolute Gasteiger partial charge is 0.410 e. The lowest BCUT2D eigenvalue weighted by Crippen LogP contribution is -2.52. The van der Waals surface area contributed by atoms with Gasteiger partial charge in [0.2, 0.25) is 0 Å². The van der Waals surface area contributed by atoms with Crippen LogP contribution in [0.5, 0.6) is 0 Å². The first-order valence-corrected chi connectivity index (χ1v) is 8.02. The maximum absolute atomic E-state index is 11.9. The average molecular weight is 329 g/mol. The van der Waals surface area contributed by atoms with Gasteiger partial charge in [-0.15, -0.1) is 0 Å². The fourth-order valence-corrected chi connectivity index (χ4v) is 2.61. The lowest BCUT2D eigenvalue weighted by molar-refractivity contribution is -0.00383. The molecule has 2 N–H and O–H groups in total. The number of nitrogen functional groups attached to an aromatic ring is 1. The van der Waals surface area contributed by atoms with Crippen molar-refractivity contribution < 1.29 is 9.53 Å². The third-order valence-corrected chi connectivity index (χ3v) is 3.81. The molecule has 0 spiro atoms. The first-order chi connectivity index (χ1) is 11.3. The Labute approximate surface area is 141 Å². The van der Waals surface area contributed by atoms with Crippen molar-refractivity contribution in [1.82, 2.24) is 19.7 Å². The molecule has 0 atom stereocenters. The molecular weight excluding hydrogens is 306 g/mol. The van der Waals surface area contributed by atoms with E-state index in [9.17, 15) is 4.79 Å². The van der Waals surface area contributed by atoms with Gasteiger partial charge in [-0.05, 0) is 32.9 Å². The number of nitrogens with two attached hydrogens (primary N) is 1. The number of carbonyl (C=O) groups is 1. The van der Waals surface area contributed by atoms with E-state index in [1.165, 1.54) is 0 Å². The summed E-state index contributed by atoms with van der Waals surface area (Å²) in [5.41, 5.74) is 7.14. The number of carbonyl (C=O) groups excluding carboxylic acids is 1. The maximum atomic E-state index is 11.9. The van der Waals surface area contributed by atoms with Crippen LogP contribution in [0.2, 0.25) is 0 Å². The zero-order valence-corrected chi connectivity index (χ0v) is 14.3. The Morgan fingerprint density at radius 2 is 2.04 bits per heavy atom. The minimum Gasteiger partial charge on any atom is -0.444 e. The zero-order valence-electron chi connectivity index (χ0n) is 14.3. The summed E-state index contributed by atoms with van der Waals surface area (Å²) < 4.78 is 7.26. The van der Waals surface area contributed by atoms with Crippen molar-refractivity contribution in [2.45, 2.75) is 32.9 Å². The van der Waals surface area contributed by atoms with Crippen molar-refractivity contribution in [1.29, 1.82) is 0 Å². The van der Waals surface area contributed by atoms with E-state index in [0.29, 0.717) is 24.8 Å². The van der Waals surface area contributed by atoms with Crippen LogP contribution in [-0.2, 0) is 11.3 Å². The van der Waals surface area contributed by atoms with Crippen molar-refractivity contribution >= 4 is 11.9 Å². The Bertz CT molecular complexity index is 711. The molecule has 1 fully saturated rings. The first-order valence-electron chi connectivity index (χ1n) is 8.02. The number of hydrogen-bond acceptors (Lipinski definition) is 5. The van der Waals surface area contributed by atoms with E-state index < -0.39 is 5.60 Å². The van der Waals surface area contributed by atoms with E-state index in [1.54, 1.807) is 17.2 Å². The van der Waals surface area contributed by atoms with E-state index in [4.69, 9.17) is 10.5 Å². The molecule has 0 radical (unpaired) electrons. The van der Waals surface area contributed by atoms with E-state index in [2.05, 4.69) is 10.1 Å². The fraction of sp³-hybridized carbons (Fsp3) is 0.471. The molecule has 0 aliphatic carbocycles. The molecule has 24 heavy (non-hydrogen) atoms. The van der Waals surface area contributed by atoms with Gasteiger partial charge in [0.05, 0.1) is 6.20 Å². The van der Waals surface area contributed by atoms with Gasteiger partial charge in [0.25, 0.3) is 0 Å². The summed E-state index contributed by atoms with van der Waals surface area (Å²) in [6, 6.07) is 3.70. The van der Waals surface area contributed by atoms with Crippen LogP contribution < -0.4 is 5.73 Å². The minimum atomic E-state index is -0.452. The molecule has 1 saturated heterocycles. The molecule has 128 valence electrons. The van der Waals surface area contributed by atoms with Crippen LogP contribution in [0.15, 0.2) is 30.7 Å². The van der Waals surface area contributed by atoms with Gasteiger partial charge in [-0.1, -0.05) is 0 Å². The van der Waals surface area contributed by atoms with E-state index >= 15 is 0 Å². The van der Waals surface area contributed by atoms with Gasteiger partial charge in [-0.25, -0.2) is 9.78 Å². The van der Waals surface area contributed by atoms with E-state index in [1.807, 2.05) is 43.9 Å². The number of rotatable bonds is 3. The van der Waals surface area contributed by atoms with E-state index in [-0.39, 0.29) is 6.09 Å². The van der Waals surface area contributed by atoms with Crippen LogP contribution in [0.3, 0.4) is 0 Å². The Morgan fingerprint density at radius 3 is 2.67 bits per heavy atom. The maximum Gasteiger partial charge on any atom is 0.410 e. The van der Waals surface area contributed by atoms with Crippen LogP contribution in [0.4, 0.5) is 10.6 Å². The molecule has 1 aliphatic heterocycles. The second-order valence-corrected chi connectivity index (χ2v) is 7.17. The molecule has 7 heteroatoms. The van der Waals surface area contributed by atoms with Gasteiger partial charge in [0.15, 0.2) is 0 Å². The standard InChI is InChI=1S/C17H23N5O2/c1-17(2,3)24-16(23)21-8-12(9-21)10-22-11-14(7-20-22)13-4-5-15(18)19-6-13/h4-7,11-12H,8-10H2,1-3H3,(H2,18,19). The van der Waals surface area contributed by atoms with Crippen molar-refractivity contribution in [3.63, 3.8) is 0 Å². The number of nitrogens with zero attached hydrogens (tertiary/aromatic N) is 4. The SMILES string of the molecule is CC(C)(C)OC(=O)N1CC(Cn2cc(-c3ccc(N)nc3)cn2)C1. The highest BCUT2D eigenvalue weighted by molar-refractivity contribution is 5.69. The summed E-state index contributed by atoms with van der Waals surface area (Å²) in [4.78, 5) is 17.7. The number of likely N-dealkylation sites (tertiary alicyclic amines) is 1. The molecule has 3 heterocycles. The topological polar surface area (TPSA) is 86.3 Å². The molecule has 2 aromatic heterocycles. The van der Waals surface area contributed by atoms with Gasteiger partial charge in [-0.3, -0.25) is 4.68 Å². The van der Waals surface area contributed by atoms with Gasteiger partial charge in [0.1, 0.15) is 11.4 Å². The summed E-state index contributed by atoms with van der Waals surface area (Å²) in [6.07, 6.45) is 5.30. The number of aromatic nitrogens is 3. The zero-order chi connectivity index (χ0) is 17.3. The van der Waals surface area contributed by atoms with Crippen molar-refractivity contribution in [3.8, 4) is 11.1 Å². The second kappa shape index (κ2) is 6.14. The van der Waals surface area contributed by atoms with Crippen molar-refractivity contribution in [2.24, 2.45) is 5.92 Å². The van der Waals surface area contributed by atoms with Crippen LogP contribution >= 0.6 is 0 Å². The molecule has 1 amide bonds. The fourth-order valence-electron chi connectivity index (χ4n) is 2.61. The summed E-state index contributed by atoms with van der Waals surface area (Å²) in [5, 5.41) is 4.39. The predicted octanol–water partition coefficient (Wildman–Crippen LogP) is 2.39. The number of amides is 1. The van der Waals surface area contributed by atoms with Crippen molar-refractivity contribution in [2.75, 3.05) is 18.8 Å². The number of pyridine rings is 1. The third-order valence-electron chi connectivity index (χ3n) is 3.81. The molecule has 0 unspecified atom stereocenters. The van der Waals surface area contributed by atoms with Gasteiger partial charge in [0, 0.05) is 49.1 Å². The largest absolute Gasteiger partial charge is 0.444 e. The summed E-state index contributed by atoms with van der Waals surface area (Å²) in [7, 11) is 0. The number of ether oxygens (including phenoxy) is 1. The average Bonchev–Trinajstić information content (AvgIpc) is 2.89. The van der Waals surface area contributed by atoms with Crippen LogP contribution in [-0.4, -0.2) is 44.4 Å². The monoisotopic (exact) mass is 329 g/mol.